The first-order valence-electron chi connectivity index (χ1n) is 11.9. The third-order valence-electron chi connectivity index (χ3n) is 6.27. The van der Waals surface area contributed by atoms with Gasteiger partial charge in [-0.2, -0.15) is 0 Å². The molecule has 4 rings (SSSR count). The highest BCUT2D eigenvalue weighted by molar-refractivity contribution is 7.89. The van der Waals surface area contributed by atoms with Gasteiger partial charge in [-0.3, -0.25) is 0 Å². The van der Waals surface area contributed by atoms with Gasteiger partial charge in [-0.05, 0) is 65.8 Å². The Morgan fingerprint density at radius 2 is 1.51 bits per heavy atom. The molecule has 194 valence electrons. The fourth-order valence-corrected chi connectivity index (χ4v) is 5.62. The SMILES string of the molecule is O=C(N[C@@H](CCCCNS(=O)(=O)c1ccc(Cl)cc1)C(=O)O)OCC1c2ccccc2-c2ccccc21. The van der Waals surface area contributed by atoms with Crippen LogP contribution in [0.5, 0.6) is 0 Å². The molecule has 1 aliphatic rings. The van der Waals surface area contributed by atoms with Crippen molar-refractivity contribution in [2.75, 3.05) is 13.2 Å². The summed E-state index contributed by atoms with van der Waals surface area (Å²) in [6, 6.07) is 20.5. The fraction of sp³-hybridized carbons (Fsp3) is 0.259. The summed E-state index contributed by atoms with van der Waals surface area (Å²) in [5.74, 6) is -1.31. The number of aliphatic carboxylic acids is 1. The summed E-state index contributed by atoms with van der Waals surface area (Å²) in [7, 11) is -3.69. The summed E-state index contributed by atoms with van der Waals surface area (Å²) in [6.45, 7) is 0.209. The van der Waals surface area contributed by atoms with Crippen molar-refractivity contribution >= 4 is 33.7 Å². The summed E-state index contributed by atoms with van der Waals surface area (Å²) in [4.78, 5) is 24.2. The van der Waals surface area contributed by atoms with Crippen LogP contribution in [0.4, 0.5) is 4.79 Å². The number of carboxylic acid groups (broad SMARTS) is 1. The van der Waals surface area contributed by atoms with Crippen LogP contribution in [0.25, 0.3) is 11.1 Å². The predicted octanol–water partition coefficient (Wildman–Crippen LogP) is 4.78. The number of carbonyl (C=O) groups excluding carboxylic acids is 1. The number of alkyl carbamates (subject to hydrolysis) is 1. The Balaban J connectivity index is 1.25. The Morgan fingerprint density at radius 1 is 0.919 bits per heavy atom. The highest BCUT2D eigenvalue weighted by Crippen LogP contribution is 2.44. The number of benzene rings is 3. The van der Waals surface area contributed by atoms with Crippen molar-refractivity contribution in [3.8, 4) is 11.1 Å². The lowest BCUT2D eigenvalue weighted by Gasteiger charge is -2.17. The molecule has 10 heteroatoms. The van der Waals surface area contributed by atoms with Gasteiger partial charge >= 0.3 is 12.1 Å². The lowest BCUT2D eigenvalue weighted by molar-refractivity contribution is -0.139. The average molecular weight is 543 g/mol. The minimum Gasteiger partial charge on any atom is -0.480 e. The average Bonchev–Trinajstić information content (AvgIpc) is 3.20. The minimum absolute atomic E-state index is 0.0820. The molecule has 3 aromatic carbocycles. The maximum atomic E-state index is 12.4. The number of amides is 1. The van der Waals surface area contributed by atoms with Gasteiger partial charge in [-0.25, -0.2) is 22.7 Å². The molecule has 3 aromatic rings. The number of fused-ring (bicyclic) bond motifs is 3. The maximum Gasteiger partial charge on any atom is 0.407 e. The van der Waals surface area contributed by atoms with Crippen molar-refractivity contribution in [3.05, 3.63) is 88.9 Å². The van der Waals surface area contributed by atoms with E-state index in [1.807, 2.05) is 48.5 Å². The van der Waals surface area contributed by atoms with Crippen LogP contribution in [0.2, 0.25) is 5.02 Å². The molecule has 0 unspecified atom stereocenters. The van der Waals surface area contributed by atoms with Crippen molar-refractivity contribution in [2.24, 2.45) is 0 Å². The normalized spacial score (nSPS) is 13.4. The van der Waals surface area contributed by atoms with E-state index in [2.05, 4.69) is 10.0 Å². The standard InChI is InChI=1S/C27H27ClN2O6S/c28-18-12-14-19(15-13-18)37(34,35)29-16-6-5-11-25(26(31)32)30-27(33)36-17-24-22-9-3-1-7-20(22)21-8-2-4-10-23(21)24/h1-4,7-10,12-15,24-25,29H,5-6,11,16-17H2,(H,30,33)(H,31,32)/t25-/m0/s1. The molecule has 0 saturated carbocycles. The molecule has 1 atom stereocenters. The van der Waals surface area contributed by atoms with E-state index in [1.54, 1.807) is 0 Å². The van der Waals surface area contributed by atoms with E-state index in [9.17, 15) is 23.1 Å². The molecule has 0 heterocycles. The number of ether oxygens (including phenoxy) is 1. The lowest BCUT2D eigenvalue weighted by Crippen LogP contribution is -2.41. The molecule has 1 amide bonds. The Labute approximate surface area is 220 Å². The summed E-state index contributed by atoms with van der Waals surface area (Å²) in [5, 5.41) is 12.4. The zero-order valence-electron chi connectivity index (χ0n) is 19.9. The van der Waals surface area contributed by atoms with Gasteiger partial charge in [0.25, 0.3) is 0 Å². The van der Waals surface area contributed by atoms with Gasteiger partial charge < -0.3 is 15.2 Å². The van der Waals surface area contributed by atoms with Crippen LogP contribution < -0.4 is 10.0 Å². The highest BCUT2D eigenvalue weighted by Gasteiger charge is 2.29. The molecular weight excluding hydrogens is 516 g/mol. The number of unbranched alkanes of at least 4 members (excludes halogenated alkanes) is 1. The second-order valence-electron chi connectivity index (χ2n) is 8.71. The summed E-state index contributed by atoms with van der Waals surface area (Å²) < 4.78 is 32.5. The van der Waals surface area contributed by atoms with Crippen LogP contribution in [0.15, 0.2) is 77.7 Å². The van der Waals surface area contributed by atoms with E-state index in [1.165, 1.54) is 24.3 Å². The molecule has 1 aliphatic carbocycles. The molecule has 37 heavy (non-hydrogen) atoms. The minimum atomic E-state index is -3.69. The molecule has 3 N–H and O–H groups in total. The fourth-order valence-electron chi connectivity index (χ4n) is 4.42. The van der Waals surface area contributed by atoms with Crippen molar-refractivity contribution in [2.45, 2.75) is 36.1 Å². The third kappa shape index (κ3) is 6.49. The first-order valence-corrected chi connectivity index (χ1v) is 13.7. The number of halogens is 1. The Bertz CT molecular complexity index is 1330. The van der Waals surface area contributed by atoms with E-state index in [0.717, 1.165) is 22.3 Å². The molecule has 8 nitrogen and oxygen atoms in total. The third-order valence-corrected chi connectivity index (χ3v) is 8.00. The second kappa shape index (κ2) is 11.8. The first-order chi connectivity index (χ1) is 17.8. The van der Waals surface area contributed by atoms with Crippen molar-refractivity contribution in [1.82, 2.24) is 10.0 Å². The molecule has 0 saturated heterocycles. The Morgan fingerprint density at radius 3 is 2.11 bits per heavy atom. The molecule has 0 fully saturated rings. The predicted molar refractivity (Wildman–Crippen MR) is 140 cm³/mol. The van der Waals surface area contributed by atoms with Gasteiger partial charge in [0, 0.05) is 17.5 Å². The van der Waals surface area contributed by atoms with Gasteiger partial charge in [-0.15, -0.1) is 0 Å². The smallest absolute Gasteiger partial charge is 0.407 e. The first kappa shape index (κ1) is 26.7. The zero-order valence-corrected chi connectivity index (χ0v) is 21.5. The Kier molecular flexibility index (Phi) is 8.48. The monoisotopic (exact) mass is 542 g/mol. The van der Waals surface area contributed by atoms with Gasteiger partial charge in [-0.1, -0.05) is 60.1 Å². The molecule has 0 spiro atoms. The van der Waals surface area contributed by atoms with Crippen LogP contribution in [0.3, 0.4) is 0 Å². The van der Waals surface area contributed by atoms with Crippen LogP contribution in [0.1, 0.15) is 36.3 Å². The van der Waals surface area contributed by atoms with Crippen LogP contribution in [-0.2, 0) is 19.6 Å². The van der Waals surface area contributed by atoms with Gasteiger partial charge in [0.15, 0.2) is 0 Å². The topological polar surface area (TPSA) is 122 Å². The number of hydrogen-bond acceptors (Lipinski definition) is 5. The van der Waals surface area contributed by atoms with Crippen LogP contribution in [-0.4, -0.2) is 44.8 Å². The van der Waals surface area contributed by atoms with Crippen LogP contribution in [0, 0.1) is 0 Å². The zero-order chi connectivity index (χ0) is 26.4. The molecule has 0 radical (unpaired) electrons. The molecule has 0 aliphatic heterocycles. The van der Waals surface area contributed by atoms with E-state index < -0.39 is 28.1 Å². The highest BCUT2D eigenvalue weighted by atomic mass is 35.5. The van der Waals surface area contributed by atoms with Gasteiger partial charge in [0.05, 0.1) is 4.90 Å². The summed E-state index contributed by atoms with van der Waals surface area (Å²) in [5.41, 5.74) is 4.32. The number of nitrogens with one attached hydrogen (secondary N) is 2. The number of carboxylic acids is 1. The molecule has 0 bridgehead atoms. The number of carbonyl (C=O) groups is 2. The molecule has 0 aromatic heterocycles. The van der Waals surface area contributed by atoms with E-state index in [4.69, 9.17) is 16.3 Å². The number of hydrogen-bond donors (Lipinski definition) is 3. The van der Waals surface area contributed by atoms with Gasteiger partial charge in [0.2, 0.25) is 10.0 Å². The largest absolute Gasteiger partial charge is 0.480 e. The number of rotatable bonds is 11. The second-order valence-corrected chi connectivity index (χ2v) is 10.9. The maximum absolute atomic E-state index is 12.4. The van der Waals surface area contributed by atoms with E-state index in [-0.39, 0.29) is 30.4 Å². The van der Waals surface area contributed by atoms with Crippen molar-refractivity contribution in [1.29, 1.82) is 0 Å². The Hall–Kier alpha value is -3.40. The van der Waals surface area contributed by atoms with Crippen molar-refractivity contribution < 1.29 is 27.9 Å². The number of sulfonamides is 1. The van der Waals surface area contributed by atoms with Crippen LogP contribution >= 0.6 is 11.6 Å². The van der Waals surface area contributed by atoms with E-state index in [0.29, 0.717) is 17.9 Å². The van der Waals surface area contributed by atoms with E-state index >= 15 is 0 Å². The summed E-state index contributed by atoms with van der Waals surface area (Å²) >= 11 is 5.79. The molecular formula is C27H27ClN2O6S. The quantitative estimate of drug-likeness (QED) is 0.300. The van der Waals surface area contributed by atoms with Gasteiger partial charge in [0.1, 0.15) is 12.6 Å². The van der Waals surface area contributed by atoms with Crippen molar-refractivity contribution in [3.63, 3.8) is 0 Å². The summed E-state index contributed by atoms with van der Waals surface area (Å²) in [6.07, 6.45) is 0.0901. The lowest BCUT2D eigenvalue weighted by atomic mass is 9.98.